The third-order valence-corrected chi connectivity index (χ3v) is 4.14. The largest absolute Gasteiger partial charge is 0.326 e. The van der Waals surface area contributed by atoms with Gasteiger partial charge in [0.05, 0.1) is 0 Å². The van der Waals surface area contributed by atoms with E-state index < -0.39 is 0 Å². The summed E-state index contributed by atoms with van der Waals surface area (Å²) >= 11 is 0. The summed E-state index contributed by atoms with van der Waals surface area (Å²) in [6.45, 7) is 1.76. The number of anilines is 1. The summed E-state index contributed by atoms with van der Waals surface area (Å²) in [5.41, 5.74) is 1.91. The van der Waals surface area contributed by atoms with Crippen molar-refractivity contribution >= 4 is 29.8 Å². The van der Waals surface area contributed by atoms with Crippen LogP contribution in [0.25, 0.3) is 0 Å². The topological polar surface area (TPSA) is 58.2 Å². The van der Waals surface area contributed by atoms with Gasteiger partial charge in [-0.1, -0.05) is 42.5 Å². The van der Waals surface area contributed by atoms with Crippen LogP contribution in [-0.4, -0.2) is 24.8 Å². The molecule has 2 aromatic carbocycles. The summed E-state index contributed by atoms with van der Waals surface area (Å²) in [6.07, 6.45) is 1.71. The van der Waals surface area contributed by atoms with Gasteiger partial charge < -0.3 is 10.6 Å². The molecule has 3 rings (SSSR count). The second-order valence-corrected chi connectivity index (χ2v) is 5.79. The normalized spacial score (nSPS) is 14.5. The molecule has 1 heterocycles. The van der Waals surface area contributed by atoms with Crippen LogP contribution in [0.4, 0.5) is 5.69 Å². The second-order valence-electron chi connectivity index (χ2n) is 5.79. The van der Waals surface area contributed by atoms with Crippen molar-refractivity contribution in [3.63, 3.8) is 0 Å². The molecule has 126 valence electrons. The molecule has 1 aliphatic rings. The number of halogens is 1. The smallest absolute Gasteiger partial charge is 0.227 e. The number of hydrogen-bond donors (Lipinski definition) is 2. The molecule has 2 N–H and O–H groups in total. The first kappa shape index (κ1) is 18.2. The molecule has 5 heteroatoms. The maximum Gasteiger partial charge on any atom is 0.227 e. The minimum absolute atomic E-state index is 0. The second kappa shape index (κ2) is 8.62. The van der Waals surface area contributed by atoms with Crippen LogP contribution < -0.4 is 10.6 Å². The number of hydrogen-bond acceptors (Lipinski definition) is 3. The van der Waals surface area contributed by atoms with Crippen molar-refractivity contribution in [1.29, 1.82) is 0 Å². The Bertz CT molecular complexity index is 698. The van der Waals surface area contributed by atoms with E-state index in [2.05, 4.69) is 10.6 Å². The summed E-state index contributed by atoms with van der Waals surface area (Å²) in [6, 6.07) is 16.3. The van der Waals surface area contributed by atoms with Crippen LogP contribution in [0, 0.1) is 5.92 Å². The van der Waals surface area contributed by atoms with Gasteiger partial charge in [0.15, 0.2) is 5.78 Å². The molecule has 1 saturated heterocycles. The van der Waals surface area contributed by atoms with Gasteiger partial charge in [-0.3, -0.25) is 9.59 Å². The van der Waals surface area contributed by atoms with Crippen molar-refractivity contribution in [3.8, 4) is 0 Å². The summed E-state index contributed by atoms with van der Waals surface area (Å²) in [5, 5.41) is 6.19. The number of benzene rings is 2. The number of amides is 1. The Morgan fingerprint density at radius 1 is 0.917 bits per heavy atom. The number of carbonyl (C=O) groups is 2. The average Bonchev–Trinajstić information content (AvgIpc) is 2.63. The number of rotatable bonds is 4. The van der Waals surface area contributed by atoms with Gasteiger partial charge in [-0.25, -0.2) is 0 Å². The van der Waals surface area contributed by atoms with Gasteiger partial charge in [-0.05, 0) is 38.1 Å². The minimum atomic E-state index is -0.0384. The zero-order valence-electron chi connectivity index (χ0n) is 13.3. The first-order chi connectivity index (χ1) is 11.2. The van der Waals surface area contributed by atoms with E-state index in [4.69, 9.17) is 0 Å². The lowest BCUT2D eigenvalue weighted by Gasteiger charge is -2.21. The lowest BCUT2D eigenvalue weighted by atomic mass is 9.97. The molecule has 2 aromatic rings. The van der Waals surface area contributed by atoms with Gasteiger partial charge in [-0.2, -0.15) is 0 Å². The molecule has 1 amide bonds. The van der Waals surface area contributed by atoms with Crippen molar-refractivity contribution in [2.24, 2.45) is 5.92 Å². The number of piperidine rings is 1. The molecule has 1 fully saturated rings. The lowest BCUT2D eigenvalue weighted by molar-refractivity contribution is -0.120. The number of nitrogens with one attached hydrogen (secondary N) is 2. The first-order valence-electron chi connectivity index (χ1n) is 7.95. The van der Waals surface area contributed by atoms with Crippen molar-refractivity contribution in [3.05, 3.63) is 65.7 Å². The van der Waals surface area contributed by atoms with Crippen LogP contribution >= 0.6 is 12.4 Å². The van der Waals surface area contributed by atoms with Crippen molar-refractivity contribution in [2.45, 2.75) is 12.8 Å². The average molecular weight is 345 g/mol. The lowest BCUT2D eigenvalue weighted by Crippen LogP contribution is -2.34. The molecule has 0 atom stereocenters. The predicted octanol–water partition coefficient (Wildman–Crippen LogP) is 3.28. The van der Waals surface area contributed by atoms with E-state index in [0.717, 1.165) is 25.9 Å². The van der Waals surface area contributed by atoms with Crippen molar-refractivity contribution in [1.82, 2.24) is 5.32 Å². The summed E-state index contributed by atoms with van der Waals surface area (Å²) < 4.78 is 0. The maximum atomic E-state index is 12.5. The van der Waals surface area contributed by atoms with Crippen LogP contribution in [-0.2, 0) is 4.79 Å². The van der Waals surface area contributed by atoms with E-state index in [9.17, 15) is 9.59 Å². The standard InChI is InChI=1S/C19H20N2O2.ClH/c22-18(14-5-2-1-3-6-14)16-7-4-8-17(13-16)21-19(23)15-9-11-20-12-10-15;/h1-8,13,15,20H,9-12H2,(H,21,23);1H. The van der Waals surface area contributed by atoms with Crippen LogP contribution in [0.3, 0.4) is 0 Å². The number of carbonyl (C=O) groups excluding carboxylic acids is 2. The monoisotopic (exact) mass is 344 g/mol. The Morgan fingerprint density at radius 3 is 2.29 bits per heavy atom. The molecular formula is C19H21ClN2O2. The minimum Gasteiger partial charge on any atom is -0.326 e. The van der Waals surface area contributed by atoms with E-state index in [1.165, 1.54) is 0 Å². The van der Waals surface area contributed by atoms with E-state index >= 15 is 0 Å². The highest BCUT2D eigenvalue weighted by atomic mass is 35.5. The Balaban J connectivity index is 0.00000208. The van der Waals surface area contributed by atoms with Gasteiger partial charge in [0.2, 0.25) is 5.91 Å². The zero-order valence-corrected chi connectivity index (χ0v) is 14.1. The van der Waals surface area contributed by atoms with Gasteiger partial charge in [0.25, 0.3) is 0 Å². The molecule has 0 unspecified atom stereocenters. The molecule has 0 aliphatic carbocycles. The summed E-state index contributed by atoms with van der Waals surface area (Å²) in [7, 11) is 0. The van der Waals surface area contributed by atoms with Crippen LogP contribution in [0.1, 0.15) is 28.8 Å². The highest BCUT2D eigenvalue weighted by molar-refractivity contribution is 6.09. The molecule has 1 aliphatic heterocycles. The predicted molar refractivity (Wildman–Crippen MR) is 97.8 cm³/mol. The SMILES string of the molecule is Cl.O=C(c1ccccc1)c1cccc(NC(=O)C2CCNCC2)c1. The third kappa shape index (κ3) is 4.43. The molecule has 0 spiro atoms. The fourth-order valence-corrected chi connectivity index (χ4v) is 2.82. The van der Waals surface area contributed by atoms with Crippen LogP contribution in [0.5, 0.6) is 0 Å². The molecule has 4 nitrogen and oxygen atoms in total. The highest BCUT2D eigenvalue weighted by Gasteiger charge is 2.21. The van der Waals surface area contributed by atoms with E-state index in [0.29, 0.717) is 16.8 Å². The van der Waals surface area contributed by atoms with Gasteiger partial charge in [0, 0.05) is 22.7 Å². The highest BCUT2D eigenvalue weighted by Crippen LogP contribution is 2.18. The molecule has 0 aromatic heterocycles. The van der Waals surface area contributed by atoms with Crippen molar-refractivity contribution < 1.29 is 9.59 Å². The van der Waals surface area contributed by atoms with Gasteiger partial charge in [0.1, 0.15) is 0 Å². The molecule has 0 saturated carbocycles. The molecular weight excluding hydrogens is 324 g/mol. The third-order valence-electron chi connectivity index (χ3n) is 4.14. The zero-order chi connectivity index (χ0) is 16.1. The fraction of sp³-hybridized carbons (Fsp3) is 0.263. The van der Waals surface area contributed by atoms with E-state index in [-0.39, 0.29) is 30.0 Å². The quantitative estimate of drug-likeness (QED) is 0.837. The van der Waals surface area contributed by atoms with Crippen LogP contribution in [0.2, 0.25) is 0 Å². The number of ketones is 1. The van der Waals surface area contributed by atoms with Gasteiger partial charge in [-0.15, -0.1) is 12.4 Å². The summed E-state index contributed by atoms with van der Waals surface area (Å²) in [4.78, 5) is 24.8. The Kier molecular flexibility index (Phi) is 6.53. The van der Waals surface area contributed by atoms with Crippen LogP contribution in [0.15, 0.2) is 54.6 Å². The van der Waals surface area contributed by atoms with Gasteiger partial charge >= 0.3 is 0 Å². The first-order valence-corrected chi connectivity index (χ1v) is 7.95. The molecule has 0 bridgehead atoms. The Labute approximate surface area is 148 Å². The maximum absolute atomic E-state index is 12.5. The Hall–Kier alpha value is -2.17. The van der Waals surface area contributed by atoms with E-state index in [1.807, 2.05) is 24.3 Å². The fourth-order valence-electron chi connectivity index (χ4n) is 2.82. The summed E-state index contributed by atoms with van der Waals surface area (Å²) in [5.74, 6) is 0.0455. The Morgan fingerprint density at radius 2 is 1.58 bits per heavy atom. The van der Waals surface area contributed by atoms with Crippen molar-refractivity contribution in [2.75, 3.05) is 18.4 Å². The molecule has 0 radical (unpaired) electrons. The van der Waals surface area contributed by atoms with E-state index in [1.54, 1.807) is 30.3 Å². The molecule has 24 heavy (non-hydrogen) atoms.